The van der Waals surface area contributed by atoms with Gasteiger partial charge in [-0.1, -0.05) is 0 Å². The van der Waals surface area contributed by atoms with E-state index in [4.69, 9.17) is 14.2 Å². The fourth-order valence-corrected chi connectivity index (χ4v) is 1.17. The minimum absolute atomic E-state index is 0.356. The van der Waals surface area contributed by atoms with Crippen LogP contribution in [0.15, 0.2) is 24.3 Å². The van der Waals surface area contributed by atoms with Gasteiger partial charge in [0.1, 0.15) is 11.5 Å². The van der Waals surface area contributed by atoms with E-state index in [1.807, 2.05) is 0 Å². The van der Waals surface area contributed by atoms with E-state index in [2.05, 4.69) is 0 Å². The van der Waals surface area contributed by atoms with Crippen LogP contribution in [0.5, 0.6) is 11.5 Å². The average Bonchev–Trinajstić information content (AvgIpc) is 2.30. The molecule has 16 heavy (non-hydrogen) atoms. The highest BCUT2D eigenvalue weighted by Crippen LogP contribution is 2.18. The average molecular weight is 224 g/mol. The van der Waals surface area contributed by atoms with Gasteiger partial charge in [-0.2, -0.15) is 0 Å². The van der Waals surface area contributed by atoms with Crippen molar-refractivity contribution >= 4 is 5.97 Å². The van der Waals surface area contributed by atoms with Crippen molar-refractivity contribution in [1.82, 2.24) is 0 Å². The van der Waals surface area contributed by atoms with Crippen LogP contribution in [-0.2, 0) is 9.53 Å². The minimum atomic E-state index is -0.603. The van der Waals surface area contributed by atoms with Gasteiger partial charge in [0.15, 0.2) is 6.10 Å². The zero-order valence-electron chi connectivity index (χ0n) is 9.73. The van der Waals surface area contributed by atoms with Crippen molar-refractivity contribution in [2.45, 2.75) is 20.0 Å². The third-order valence-corrected chi connectivity index (χ3v) is 1.99. The Bertz CT molecular complexity index is 331. The highest BCUT2D eigenvalue weighted by atomic mass is 16.6. The van der Waals surface area contributed by atoms with Crippen LogP contribution in [0.3, 0.4) is 0 Å². The topological polar surface area (TPSA) is 44.8 Å². The van der Waals surface area contributed by atoms with Crippen LogP contribution in [0.25, 0.3) is 0 Å². The Morgan fingerprint density at radius 1 is 1.25 bits per heavy atom. The van der Waals surface area contributed by atoms with Crippen molar-refractivity contribution in [3.63, 3.8) is 0 Å². The van der Waals surface area contributed by atoms with Gasteiger partial charge in [0.25, 0.3) is 0 Å². The number of rotatable bonds is 5. The van der Waals surface area contributed by atoms with E-state index in [9.17, 15) is 4.79 Å². The summed E-state index contributed by atoms with van der Waals surface area (Å²) in [6.07, 6.45) is -0.603. The Labute approximate surface area is 95.1 Å². The molecule has 1 aromatic rings. The standard InChI is InChI=1S/C12H16O4/c1-4-15-12(13)9(2)16-11-7-5-10(14-3)6-8-11/h5-9H,4H2,1-3H3/t9-/m1/s1. The van der Waals surface area contributed by atoms with E-state index < -0.39 is 6.10 Å². The summed E-state index contributed by atoms with van der Waals surface area (Å²) in [5.74, 6) is 0.996. The van der Waals surface area contributed by atoms with Crippen molar-refractivity contribution in [2.24, 2.45) is 0 Å². The molecule has 4 nitrogen and oxygen atoms in total. The van der Waals surface area contributed by atoms with Gasteiger partial charge >= 0.3 is 5.97 Å². The molecule has 0 amide bonds. The number of carbonyl (C=O) groups is 1. The molecule has 1 atom stereocenters. The first-order valence-corrected chi connectivity index (χ1v) is 5.14. The number of hydrogen-bond donors (Lipinski definition) is 0. The number of carbonyl (C=O) groups excluding carboxylic acids is 1. The van der Waals surface area contributed by atoms with Gasteiger partial charge in [-0.05, 0) is 38.1 Å². The van der Waals surface area contributed by atoms with E-state index in [0.29, 0.717) is 12.4 Å². The summed E-state index contributed by atoms with van der Waals surface area (Å²) in [6, 6.07) is 7.03. The normalized spacial score (nSPS) is 11.7. The van der Waals surface area contributed by atoms with Crippen molar-refractivity contribution in [2.75, 3.05) is 13.7 Å². The number of esters is 1. The molecule has 1 rings (SSSR count). The third kappa shape index (κ3) is 3.46. The van der Waals surface area contributed by atoms with Gasteiger partial charge < -0.3 is 14.2 Å². The SMILES string of the molecule is CCOC(=O)[C@@H](C)Oc1ccc(OC)cc1. The largest absolute Gasteiger partial charge is 0.497 e. The molecule has 0 aliphatic rings. The summed E-state index contributed by atoms with van der Waals surface area (Å²) in [6.45, 7) is 3.77. The molecule has 0 saturated heterocycles. The molecule has 88 valence electrons. The maximum atomic E-state index is 11.3. The van der Waals surface area contributed by atoms with E-state index in [1.54, 1.807) is 45.2 Å². The maximum Gasteiger partial charge on any atom is 0.347 e. The molecule has 0 aliphatic heterocycles. The third-order valence-electron chi connectivity index (χ3n) is 1.99. The summed E-state index contributed by atoms with van der Waals surface area (Å²) in [4.78, 5) is 11.3. The lowest BCUT2D eigenvalue weighted by Gasteiger charge is -2.13. The molecule has 0 radical (unpaired) electrons. The molecule has 1 aromatic carbocycles. The second kappa shape index (κ2) is 6.00. The molecule has 0 heterocycles. The second-order valence-corrected chi connectivity index (χ2v) is 3.19. The number of benzene rings is 1. The molecular formula is C12H16O4. The monoisotopic (exact) mass is 224 g/mol. The first kappa shape index (κ1) is 12.4. The summed E-state index contributed by atoms with van der Waals surface area (Å²) in [7, 11) is 1.59. The lowest BCUT2D eigenvalue weighted by molar-refractivity contribution is -0.150. The fourth-order valence-electron chi connectivity index (χ4n) is 1.17. The molecular weight excluding hydrogens is 208 g/mol. The minimum Gasteiger partial charge on any atom is -0.497 e. The Morgan fingerprint density at radius 3 is 2.31 bits per heavy atom. The molecule has 0 bridgehead atoms. The highest BCUT2D eigenvalue weighted by molar-refractivity contribution is 5.74. The zero-order valence-corrected chi connectivity index (χ0v) is 9.73. The number of ether oxygens (including phenoxy) is 3. The molecule has 0 spiro atoms. The van der Waals surface area contributed by atoms with Gasteiger partial charge in [-0.25, -0.2) is 4.79 Å². The van der Waals surface area contributed by atoms with Crippen molar-refractivity contribution in [1.29, 1.82) is 0 Å². The first-order chi connectivity index (χ1) is 7.67. The van der Waals surface area contributed by atoms with E-state index >= 15 is 0 Å². The lowest BCUT2D eigenvalue weighted by atomic mass is 10.3. The van der Waals surface area contributed by atoms with Gasteiger partial charge in [-0.3, -0.25) is 0 Å². The van der Waals surface area contributed by atoms with E-state index in [-0.39, 0.29) is 5.97 Å². The van der Waals surface area contributed by atoms with Crippen LogP contribution in [0.2, 0.25) is 0 Å². The van der Waals surface area contributed by atoms with Crippen molar-refractivity contribution in [3.8, 4) is 11.5 Å². The van der Waals surface area contributed by atoms with Crippen LogP contribution in [0.1, 0.15) is 13.8 Å². The predicted octanol–water partition coefficient (Wildman–Crippen LogP) is 2.03. The molecule has 0 N–H and O–H groups in total. The Kier molecular flexibility index (Phi) is 4.64. The Balaban J connectivity index is 2.55. The van der Waals surface area contributed by atoms with E-state index in [0.717, 1.165) is 5.75 Å². The summed E-state index contributed by atoms with van der Waals surface area (Å²) < 4.78 is 15.2. The number of methoxy groups -OCH3 is 1. The van der Waals surface area contributed by atoms with Crippen LogP contribution in [-0.4, -0.2) is 25.8 Å². The molecule has 0 aromatic heterocycles. The summed E-state index contributed by atoms with van der Waals surface area (Å²) in [5.41, 5.74) is 0. The number of hydrogen-bond acceptors (Lipinski definition) is 4. The predicted molar refractivity (Wildman–Crippen MR) is 59.7 cm³/mol. The molecule has 0 unspecified atom stereocenters. The molecule has 0 fully saturated rings. The van der Waals surface area contributed by atoms with E-state index in [1.165, 1.54) is 0 Å². The quantitative estimate of drug-likeness (QED) is 0.718. The van der Waals surface area contributed by atoms with Gasteiger partial charge in [0.05, 0.1) is 13.7 Å². The smallest absolute Gasteiger partial charge is 0.347 e. The van der Waals surface area contributed by atoms with Gasteiger partial charge in [-0.15, -0.1) is 0 Å². The lowest BCUT2D eigenvalue weighted by Crippen LogP contribution is -2.25. The molecule has 4 heteroatoms. The van der Waals surface area contributed by atoms with Crippen molar-refractivity contribution < 1.29 is 19.0 Å². The molecule has 0 saturated carbocycles. The second-order valence-electron chi connectivity index (χ2n) is 3.19. The summed E-state index contributed by atoms with van der Waals surface area (Å²) >= 11 is 0. The summed E-state index contributed by atoms with van der Waals surface area (Å²) in [5, 5.41) is 0. The Morgan fingerprint density at radius 2 is 1.81 bits per heavy atom. The molecule has 0 aliphatic carbocycles. The fraction of sp³-hybridized carbons (Fsp3) is 0.417. The van der Waals surface area contributed by atoms with Crippen LogP contribution >= 0.6 is 0 Å². The van der Waals surface area contributed by atoms with Crippen molar-refractivity contribution in [3.05, 3.63) is 24.3 Å². The van der Waals surface area contributed by atoms with Crippen LogP contribution in [0.4, 0.5) is 0 Å². The first-order valence-electron chi connectivity index (χ1n) is 5.14. The maximum absolute atomic E-state index is 11.3. The van der Waals surface area contributed by atoms with Crippen LogP contribution < -0.4 is 9.47 Å². The van der Waals surface area contributed by atoms with Gasteiger partial charge in [0.2, 0.25) is 0 Å². The highest BCUT2D eigenvalue weighted by Gasteiger charge is 2.15. The zero-order chi connectivity index (χ0) is 12.0. The van der Waals surface area contributed by atoms with Gasteiger partial charge in [0, 0.05) is 0 Å². The Hall–Kier alpha value is -1.71. The van der Waals surface area contributed by atoms with Crippen LogP contribution in [0, 0.1) is 0 Å².